The van der Waals surface area contributed by atoms with Gasteiger partial charge in [0.05, 0.1) is 6.61 Å². The first-order chi connectivity index (χ1) is 36.6. The molecule has 0 spiro atoms. The summed E-state index contributed by atoms with van der Waals surface area (Å²) in [6.07, 6.45) is 91.6. The van der Waals surface area contributed by atoms with E-state index in [1.54, 1.807) is 0 Å². The SMILES string of the molecule is CC/C=C\C/C=C\C/C=C\C/C=C\C/C=C\C/C=C\CCC(=O)OC(CO)COC(=O)CCCCCCCCCCCCCCCCCCCCCCCCCCCCCCC/C=C\C/C=C\CCCCCCC. The zero-order valence-corrected chi connectivity index (χ0v) is 48.8. The number of ether oxygens (including phenoxy) is 2. The number of hydrogen-bond donors (Lipinski definition) is 1. The van der Waals surface area contributed by atoms with Gasteiger partial charge >= 0.3 is 11.9 Å². The molecule has 0 rings (SSSR count). The van der Waals surface area contributed by atoms with Gasteiger partial charge in [0.25, 0.3) is 0 Å². The first-order valence-corrected chi connectivity index (χ1v) is 31.8. The molecule has 0 saturated carbocycles. The summed E-state index contributed by atoms with van der Waals surface area (Å²) in [5.41, 5.74) is 0. The maximum atomic E-state index is 12.2. The fourth-order valence-corrected chi connectivity index (χ4v) is 9.14. The molecule has 0 fully saturated rings. The van der Waals surface area contributed by atoms with E-state index in [1.807, 2.05) is 12.2 Å². The highest BCUT2D eigenvalue weighted by Crippen LogP contribution is 2.17. The number of allylic oxidation sites excluding steroid dienone is 16. The summed E-state index contributed by atoms with van der Waals surface area (Å²) in [4.78, 5) is 24.5. The highest BCUT2D eigenvalue weighted by atomic mass is 16.6. The minimum Gasteiger partial charge on any atom is -0.462 e. The average Bonchev–Trinajstić information content (AvgIpc) is 3.40. The van der Waals surface area contributed by atoms with E-state index < -0.39 is 12.1 Å². The van der Waals surface area contributed by atoms with Crippen LogP contribution in [0.2, 0.25) is 0 Å². The van der Waals surface area contributed by atoms with Crippen molar-refractivity contribution in [3.05, 3.63) is 97.2 Å². The van der Waals surface area contributed by atoms with Crippen LogP contribution in [0.15, 0.2) is 97.2 Å². The molecule has 5 heteroatoms. The highest BCUT2D eigenvalue weighted by molar-refractivity contribution is 5.70. The Morgan fingerprint density at radius 1 is 0.324 bits per heavy atom. The van der Waals surface area contributed by atoms with E-state index in [0.717, 1.165) is 64.2 Å². The molecule has 0 heterocycles. The van der Waals surface area contributed by atoms with Crippen LogP contribution in [0.1, 0.15) is 309 Å². The molecule has 1 unspecified atom stereocenters. The van der Waals surface area contributed by atoms with Gasteiger partial charge in [-0.3, -0.25) is 9.59 Å². The number of aliphatic hydroxyl groups is 1. The van der Waals surface area contributed by atoms with Gasteiger partial charge in [-0.05, 0) is 83.5 Å². The summed E-state index contributed by atoms with van der Waals surface area (Å²) in [5, 5.41) is 9.64. The number of esters is 2. The molecule has 0 saturated heterocycles. The Bertz CT molecular complexity index is 1400. The van der Waals surface area contributed by atoms with Crippen molar-refractivity contribution >= 4 is 11.9 Å². The van der Waals surface area contributed by atoms with Gasteiger partial charge in [-0.1, -0.05) is 310 Å². The lowest BCUT2D eigenvalue weighted by Gasteiger charge is -2.15. The maximum absolute atomic E-state index is 12.2. The van der Waals surface area contributed by atoms with E-state index in [2.05, 4.69) is 98.9 Å². The third-order valence-electron chi connectivity index (χ3n) is 13.9. The second-order valence-electron chi connectivity index (χ2n) is 21.1. The number of rotatable bonds is 58. The van der Waals surface area contributed by atoms with Crippen LogP contribution >= 0.6 is 0 Å². The van der Waals surface area contributed by atoms with Crippen LogP contribution in [-0.2, 0) is 19.1 Å². The topological polar surface area (TPSA) is 72.8 Å². The summed E-state index contributed by atoms with van der Waals surface area (Å²) < 4.78 is 10.6. The van der Waals surface area contributed by atoms with Crippen molar-refractivity contribution in [2.45, 2.75) is 315 Å². The van der Waals surface area contributed by atoms with Crippen LogP contribution in [0.25, 0.3) is 0 Å². The van der Waals surface area contributed by atoms with Crippen molar-refractivity contribution in [1.29, 1.82) is 0 Å². The maximum Gasteiger partial charge on any atom is 0.306 e. The Kier molecular flexibility index (Phi) is 61.4. The smallest absolute Gasteiger partial charge is 0.306 e. The van der Waals surface area contributed by atoms with Crippen molar-refractivity contribution < 1.29 is 24.2 Å². The van der Waals surface area contributed by atoms with Crippen molar-refractivity contribution in [2.24, 2.45) is 0 Å². The summed E-state index contributed by atoms with van der Waals surface area (Å²) in [7, 11) is 0. The van der Waals surface area contributed by atoms with Gasteiger partial charge in [0.2, 0.25) is 0 Å². The third-order valence-corrected chi connectivity index (χ3v) is 13.9. The molecule has 426 valence electrons. The summed E-state index contributed by atoms with van der Waals surface area (Å²) in [6, 6.07) is 0. The Labute approximate surface area is 459 Å². The van der Waals surface area contributed by atoms with Gasteiger partial charge in [-0.2, -0.15) is 0 Å². The lowest BCUT2D eigenvalue weighted by Crippen LogP contribution is -2.28. The molecule has 0 aliphatic carbocycles. The van der Waals surface area contributed by atoms with Crippen LogP contribution in [0.5, 0.6) is 0 Å². The molecule has 74 heavy (non-hydrogen) atoms. The molecular formula is C69H120O5. The van der Waals surface area contributed by atoms with E-state index in [9.17, 15) is 14.7 Å². The average molecular weight is 1030 g/mol. The molecule has 0 aromatic carbocycles. The Morgan fingerprint density at radius 3 is 0.932 bits per heavy atom. The first-order valence-electron chi connectivity index (χ1n) is 31.8. The zero-order valence-electron chi connectivity index (χ0n) is 48.8. The second-order valence-corrected chi connectivity index (χ2v) is 21.1. The van der Waals surface area contributed by atoms with Crippen molar-refractivity contribution in [2.75, 3.05) is 13.2 Å². The summed E-state index contributed by atoms with van der Waals surface area (Å²) in [6.45, 7) is 3.97. The van der Waals surface area contributed by atoms with Gasteiger partial charge in [-0.25, -0.2) is 0 Å². The number of aliphatic hydroxyl groups excluding tert-OH is 1. The quantitative estimate of drug-likeness (QED) is 0.0373. The number of carbonyl (C=O) groups is 2. The van der Waals surface area contributed by atoms with E-state index in [0.29, 0.717) is 12.8 Å². The predicted octanol–water partition coefficient (Wildman–Crippen LogP) is 21.9. The highest BCUT2D eigenvalue weighted by Gasteiger charge is 2.16. The Balaban J connectivity index is 3.44. The molecule has 1 atom stereocenters. The van der Waals surface area contributed by atoms with Crippen molar-refractivity contribution in [3.8, 4) is 0 Å². The van der Waals surface area contributed by atoms with Gasteiger partial charge in [0.15, 0.2) is 6.10 Å². The van der Waals surface area contributed by atoms with Crippen LogP contribution < -0.4 is 0 Å². The minimum atomic E-state index is -0.817. The van der Waals surface area contributed by atoms with E-state index in [-0.39, 0.29) is 25.6 Å². The van der Waals surface area contributed by atoms with Crippen molar-refractivity contribution in [1.82, 2.24) is 0 Å². The standard InChI is InChI=1S/C69H120O5/c1-3-5-7-9-11-13-15-17-19-21-23-24-25-26-27-28-29-30-31-32-33-34-35-36-37-38-39-40-41-42-43-44-46-47-49-51-53-55-57-59-61-63-68(71)73-66-67(65-70)74-69(72)64-62-60-58-56-54-52-50-48-45-22-20-18-16-14-12-10-8-6-4-2/h6,8,12,14-15,17-18,20-21,23,45,48,52,54,58,60,67,70H,3-5,7,9-11,13,16,19,22,24-44,46-47,49-51,53,55-57,59,61-66H2,1-2H3/b8-6-,14-12-,17-15-,20-18-,23-21-,48-45-,54-52-,60-58-. The van der Waals surface area contributed by atoms with Gasteiger partial charge in [-0.15, -0.1) is 0 Å². The molecule has 0 amide bonds. The fourth-order valence-electron chi connectivity index (χ4n) is 9.14. The molecule has 0 aromatic rings. The number of carbonyl (C=O) groups excluding carboxylic acids is 2. The molecule has 0 aliphatic rings. The number of unbranched alkanes of at least 4 members (excludes halogenated alkanes) is 34. The van der Waals surface area contributed by atoms with E-state index in [4.69, 9.17) is 9.47 Å². The molecule has 5 nitrogen and oxygen atoms in total. The van der Waals surface area contributed by atoms with Crippen molar-refractivity contribution in [3.63, 3.8) is 0 Å². The van der Waals surface area contributed by atoms with Gasteiger partial charge < -0.3 is 14.6 Å². The minimum absolute atomic E-state index is 0.0980. The second kappa shape index (κ2) is 64.1. The molecule has 0 aromatic heterocycles. The predicted molar refractivity (Wildman–Crippen MR) is 325 cm³/mol. The molecule has 0 bridgehead atoms. The van der Waals surface area contributed by atoms with Crippen LogP contribution in [-0.4, -0.2) is 36.4 Å². The molecule has 0 radical (unpaired) electrons. The lowest BCUT2D eigenvalue weighted by molar-refractivity contribution is -0.161. The largest absolute Gasteiger partial charge is 0.462 e. The first kappa shape index (κ1) is 70.8. The van der Waals surface area contributed by atoms with Crippen LogP contribution in [0, 0.1) is 0 Å². The third kappa shape index (κ3) is 61.4. The molecule has 1 N–H and O–H groups in total. The van der Waals surface area contributed by atoms with E-state index >= 15 is 0 Å². The summed E-state index contributed by atoms with van der Waals surface area (Å²) in [5.74, 6) is -0.682. The number of hydrogen-bond acceptors (Lipinski definition) is 5. The molecular weight excluding hydrogens is 909 g/mol. The Morgan fingerprint density at radius 2 is 0.608 bits per heavy atom. The van der Waals surface area contributed by atoms with Gasteiger partial charge in [0, 0.05) is 12.8 Å². The lowest BCUT2D eigenvalue weighted by atomic mass is 10.0. The van der Waals surface area contributed by atoms with Crippen LogP contribution in [0.3, 0.4) is 0 Å². The summed E-state index contributed by atoms with van der Waals surface area (Å²) >= 11 is 0. The molecule has 0 aliphatic heterocycles. The van der Waals surface area contributed by atoms with E-state index in [1.165, 1.54) is 212 Å². The van der Waals surface area contributed by atoms with Crippen LogP contribution in [0.4, 0.5) is 0 Å². The normalized spacial score (nSPS) is 12.9. The monoisotopic (exact) mass is 1030 g/mol. The fraction of sp³-hybridized carbons (Fsp3) is 0.739. The zero-order chi connectivity index (χ0) is 53.4. The van der Waals surface area contributed by atoms with Gasteiger partial charge in [0.1, 0.15) is 6.61 Å². The Hall–Kier alpha value is -3.18.